The number of ether oxygens (including phenoxy) is 1. The van der Waals surface area contributed by atoms with Crippen molar-refractivity contribution in [1.82, 2.24) is 19.3 Å². The third-order valence-electron chi connectivity index (χ3n) is 2.28. The SMILES string of the molecule is CCOC(=O)CN(CC)S(=O)(=O)c1c(Br)nnn1C. The molecule has 1 aromatic rings. The van der Waals surface area contributed by atoms with Crippen molar-refractivity contribution in [3.63, 3.8) is 0 Å². The highest BCUT2D eigenvalue weighted by Crippen LogP contribution is 2.21. The van der Waals surface area contributed by atoms with Gasteiger partial charge in [-0.1, -0.05) is 12.1 Å². The third-order valence-corrected chi connectivity index (χ3v) is 5.09. The number of hydrogen-bond donors (Lipinski definition) is 0. The second-order valence-electron chi connectivity index (χ2n) is 3.55. The highest BCUT2D eigenvalue weighted by molar-refractivity contribution is 9.10. The van der Waals surface area contributed by atoms with E-state index in [4.69, 9.17) is 4.74 Å². The lowest BCUT2D eigenvalue weighted by Gasteiger charge is -2.19. The molecule has 0 saturated carbocycles. The standard InChI is InChI=1S/C9H15BrN4O4S/c1-4-14(6-7(15)18-5-2)19(16,17)9-8(10)11-12-13(9)3/h4-6H2,1-3H3. The predicted molar refractivity (Wildman–Crippen MR) is 69.8 cm³/mol. The van der Waals surface area contributed by atoms with Crippen molar-refractivity contribution in [2.45, 2.75) is 18.9 Å². The van der Waals surface area contributed by atoms with E-state index in [1.165, 1.54) is 7.05 Å². The van der Waals surface area contributed by atoms with E-state index in [0.29, 0.717) is 0 Å². The molecule has 0 fully saturated rings. The van der Waals surface area contributed by atoms with Crippen LogP contribution in [0.15, 0.2) is 9.63 Å². The largest absolute Gasteiger partial charge is 0.465 e. The normalized spacial score (nSPS) is 11.8. The van der Waals surface area contributed by atoms with E-state index in [1.807, 2.05) is 0 Å². The molecule has 10 heteroatoms. The van der Waals surface area contributed by atoms with Gasteiger partial charge in [-0.15, -0.1) is 5.10 Å². The zero-order chi connectivity index (χ0) is 14.6. The number of carbonyl (C=O) groups is 1. The number of rotatable bonds is 6. The van der Waals surface area contributed by atoms with Crippen LogP contribution >= 0.6 is 15.9 Å². The first-order chi connectivity index (χ1) is 8.84. The van der Waals surface area contributed by atoms with E-state index >= 15 is 0 Å². The van der Waals surface area contributed by atoms with Crippen molar-refractivity contribution in [2.75, 3.05) is 19.7 Å². The van der Waals surface area contributed by atoms with Crippen LogP contribution in [0, 0.1) is 0 Å². The second kappa shape index (κ2) is 6.44. The lowest BCUT2D eigenvalue weighted by molar-refractivity contribution is -0.143. The number of aryl methyl sites for hydroxylation is 1. The number of likely N-dealkylation sites (N-methyl/N-ethyl adjacent to an activating group) is 1. The fourth-order valence-electron chi connectivity index (χ4n) is 1.44. The highest BCUT2D eigenvalue weighted by atomic mass is 79.9. The Morgan fingerprint density at radius 2 is 2.11 bits per heavy atom. The minimum absolute atomic E-state index is 0.0985. The molecule has 0 radical (unpaired) electrons. The Bertz CT molecular complexity index is 537. The molecule has 0 bridgehead atoms. The van der Waals surface area contributed by atoms with Crippen LogP contribution < -0.4 is 0 Å². The molecule has 0 aliphatic rings. The molecule has 0 spiro atoms. The zero-order valence-corrected chi connectivity index (χ0v) is 13.2. The van der Waals surface area contributed by atoms with Gasteiger partial charge in [0.1, 0.15) is 6.54 Å². The summed E-state index contributed by atoms with van der Waals surface area (Å²) >= 11 is 3.03. The third kappa shape index (κ3) is 3.51. The van der Waals surface area contributed by atoms with Gasteiger partial charge in [-0.25, -0.2) is 13.1 Å². The molecular formula is C9H15BrN4O4S. The van der Waals surface area contributed by atoms with Gasteiger partial charge in [0, 0.05) is 13.6 Å². The van der Waals surface area contributed by atoms with Crippen LogP contribution in [-0.4, -0.2) is 53.4 Å². The van der Waals surface area contributed by atoms with Crippen molar-refractivity contribution >= 4 is 31.9 Å². The Balaban J connectivity index is 3.06. The summed E-state index contributed by atoms with van der Waals surface area (Å²) in [6.07, 6.45) is 0. The molecule has 0 aliphatic carbocycles. The van der Waals surface area contributed by atoms with Gasteiger partial charge in [0.25, 0.3) is 10.0 Å². The van der Waals surface area contributed by atoms with Gasteiger partial charge >= 0.3 is 5.97 Å². The number of aromatic nitrogens is 3. The summed E-state index contributed by atoms with van der Waals surface area (Å²) < 4.78 is 31.8. The number of carbonyl (C=O) groups excluding carboxylic acids is 1. The molecule has 0 unspecified atom stereocenters. The number of hydrogen-bond acceptors (Lipinski definition) is 6. The minimum atomic E-state index is -3.86. The number of halogens is 1. The Labute approximate surface area is 119 Å². The molecule has 108 valence electrons. The minimum Gasteiger partial charge on any atom is -0.465 e. The maximum absolute atomic E-state index is 12.4. The first-order valence-corrected chi connectivity index (χ1v) is 7.78. The molecular weight excluding hydrogens is 340 g/mol. The maximum atomic E-state index is 12.4. The lowest BCUT2D eigenvalue weighted by atomic mass is 10.6. The topological polar surface area (TPSA) is 94.4 Å². The summed E-state index contributed by atoms with van der Waals surface area (Å²) in [6, 6.07) is 0. The predicted octanol–water partition coefficient (Wildman–Crippen LogP) is 0.151. The van der Waals surface area contributed by atoms with E-state index in [2.05, 4.69) is 26.2 Å². The molecule has 1 aromatic heterocycles. The molecule has 0 N–H and O–H groups in total. The van der Waals surface area contributed by atoms with Crippen molar-refractivity contribution < 1.29 is 17.9 Å². The Hall–Kier alpha value is -1.00. The number of esters is 1. The maximum Gasteiger partial charge on any atom is 0.321 e. The van der Waals surface area contributed by atoms with Gasteiger partial charge in [0.15, 0.2) is 4.60 Å². The molecule has 8 nitrogen and oxygen atoms in total. The van der Waals surface area contributed by atoms with Crippen LogP contribution in [0.2, 0.25) is 0 Å². The Morgan fingerprint density at radius 3 is 2.53 bits per heavy atom. The first-order valence-electron chi connectivity index (χ1n) is 5.55. The summed E-state index contributed by atoms with van der Waals surface area (Å²) in [4.78, 5) is 11.4. The van der Waals surface area contributed by atoms with Crippen molar-refractivity contribution in [3.05, 3.63) is 4.60 Å². The quantitative estimate of drug-likeness (QED) is 0.675. The summed E-state index contributed by atoms with van der Waals surface area (Å²) in [5.41, 5.74) is 0. The highest BCUT2D eigenvalue weighted by Gasteiger charge is 2.31. The average molecular weight is 355 g/mol. The van der Waals surface area contributed by atoms with E-state index in [1.54, 1.807) is 13.8 Å². The molecule has 1 rings (SSSR count). The van der Waals surface area contributed by atoms with E-state index in [-0.39, 0.29) is 29.3 Å². The molecule has 0 aromatic carbocycles. The van der Waals surface area contributed by atoms with E-state index in [0.717, 1.165) is 8.99 Å². The molecule has 1 heterocycles. The van der Waals surface area contributed by atoms with Crippen LogP contribution in [0.4, 0.5) is 0 Å². The van der Waals surface area contributed by atoms with Crippen molar-refractivity contribution in [2.24, 2.45) is 7.05 Å². The van der Waals surface area contributed by atoms with Crippen LogP contribution in [0.1, 0.15) is 13.8 Å². The number of nitrogens with zero attached hydrogens (tertiary/aromatic N) is 4. The van der Waals surface area contributed by atoms with Gasteiger partial charge in [-0.3, -0.25) is 4.79 Å². The zero-order valence-electron chi connectivity index (χ0n) is 10.8. The van der Waals surface area contributed by atoms with Gasteiger partial charge in [-0.05, 0) is 22.9 Å². The van der Waals surface area contributed by atoms with Crippen LogP contribution in [-0.2, 0) is 26.6 Å². The average Bonchev–Trinajstić information content (AvgIpc) is 2.66. The second-order valence-corrected chi connectivity index (χ2v) is 6.15. The fraction of sp³-hybridized carbons (Fsp3) is 0.667. The fourth-order valence-corrected chi connectivity index (χ4v) is 3.86. The van der Waals surface area contributed by atoms with Crippen LogP contribution in [0.5, 0.6) is 0 Å². The lowest BCUT2D eigenvalue weighted by Crippen LogP contribution is -2.37. The van der Waals surface area contributed by atoms with Gasteiger partial charge in [0.2, 0.25) is 5.03 Å². The molecule has 19 heavy (non-hydrogen) atoms. The van der Waals surface area contributed by atoms with Crippen LogP contribution in [0.3, 0.4) is 0 Å². The molecule has 0 atom stereocenters. The van der Waals surface area contributed by atoms with Crippen molar-refractivity contribution in [3.8, 4) is 0 Å². The van der Waals surface area contributed by atoms with Crippen molar-refractivity contribution in [1.29, 1.82) is 0 Å². The summed E-state index contributed by atoms with van der Waals surface area (Å²) in [5.74, 6) is -0.598. The molecule has 0 amide bonds. The van der Waals surface area contributed by atoms with Gasteiger partial charge in [0.05, 0.1) is 6.61 Å². The molecule has 0 saturated heterocycles. The monoisotopic (exact) mass is 354 g/mol. The molecule has 0 aliphatic heterocycles. The van der Waals surface area contributed by atoms with Crippen LogP contribution in [0.25, 0.3) is 0 Å². The van der Waals surface area contributed by atoms with Gasteiger partial charge < -0.3 is 4.74 Å². The Kier molecular flexibility index (Phi) is 5.44. The number of sulfonamides is 1. The summed E-state index contributed by atoms with van der Waals surface area (Å²) in [7, 11) is -2.40. The van der Waals surface area contributed by atoms with E-state index < -0.39 is 16.0 Å². The first kappa shape index (κ1) is 16.1. The smallest absolute Gasteiger partial charge is 0.321 e. The summed E-state index contributed by atoms with van der Waals surface area (Å²) in [6.45, 7) is 3.29. The Morgan fingerprint density at radius 1 is 1.47 bits per heavy atom. The summed E-state index contributed by atoms with van der Waals surface area (Å²) in [5, 5.41) is 7.14. The van der Waals surface area contributed by atoms with Gasteiger partial charge in [-0.2, -0.15) is 4.31 Å². The van der Waals surface area contributed by atoms with E-state index in [9.17, 15) is 13.2 Å².